The smallest absolute Gasteiger partial charge is 0.211 e. The first-order valence-corrected chi connectivity index (χ1v) is 2.86. The van der Waals surface area contributed by atoms with Gasteiger partial charge in [-0.2, -0.15) is 0 Å². The van der Waals surface area contributed by atoms with Crippen LogP contribution in [0.4, 0.5) is 0 Å². The van der Waals surface area contributed by atoms with Crippen molar-refractivity contribution < 1.29 is 0 Å². The van der Waals surface area contributed by atoms with Gasteiger partial charge in [0.25, 0.3) is 0 Å². The summed E-state index contributed by atoms with van der Waals surface area (Å²) in [6, 6.07) is 0. The van der Waals surface area contributed by atoms with Crippen molar-refractivity contribution >= 4 is 11.0 Å². The van der Waals surface area contributed by atoms with Crippen LogP contribution in [0.5, 0.6) is 0 Å². The van der Waals surface area contributed by atoms with E-state index in [4.69, 9.17) is 11.1 Å². The number of piperazine rings is 1. The van der Waals surface area contributed by atoms with Crippen molar-refractivity contribution in [3.05, 3.63) is 0 Å². The summed E-state index contributed by atoms with van der Waals surface area (Å²) in [7, 11) is 0. The summed E-state index contributed by atoms with van der Waals surface area (Å²) < 4.78 is 0. The third kappa shape index (κ3) is 10.4. The van der Waals surface area contributed by atoms with E-state index in [0.29, 0.717) is 0 Å². The second-order valence-corrected chi connectivity index (χ2v) is 1.61. The quantitative estimate of drug-likeness (QED) is 0.186. The van der Waals surface area contributed by atoms with Gasteiger partial charge in [0.2, 0.25) is 4.91 Å². The van der Waals surface area contributed by atoms with E-state index in [-0.39, 0.29) is 11.0 Å². The highest BCUT2D eigenvalue weighted by atomic mass is 28.1. The van der Waals surface area contributed by atoms with Crippen molar-refractivity contribution in [2.24, 2.45) is 0 Å². The molecule has 0 aliphatic carbocycles. The Balaban J connectivity index is 0. The molecule has 0 spiro atoms. The standard InChI is InChI=1S/C4H10N2.H2N3.H4Si/c1-2-6-4-3-5-1;1-3-2;/h5-6H,1-4H2;1-2H;1H4/q;+1;. The normalized spacial score (nSPS) is 15.2. The summed E-state index contributed by atoms with van der Waals surface area (Å²) in [5.74, 6) is 0. The SMILES string of the molecule is C1CNCCN1.N=[N+]=N.[SiH4]. The lowest BCUT2D eigenvalue weighted by Gasteiger charge is -2.11. The van der Waals surface area contributed by atoms with Crippen molar-refractivity contribution in [2.75, 3.05) is 26.2 Å². The molecule has 0 unspecified atom stereocenters. The second kappa shape index (κ2) is 11.3. The van der Waals surface area contributed by atoms with Crippen molar-refractivity contribution in [2.45, 2.75) is 0 Å². The highest BCUT2D eigenvalue weighted by Crippen LogP contribution is 1.65. The van der Waals surface area contributed by atoms with Gasteiger partial charge in [-0.15, -0.1) is 0 Å². The molecule has 0 radical (unpaired) electrons. The van der Waals surface area contributed by atoms with Crippen LogP contribution in [0.1, 0.15) is 0 Å². The van der Waals surface area contributed by atoms with Crippen LogP contribution in [-0.2, 0) is 0 Å². The van der Waals surface area contributed by atoms with Gasteiger partial charge in [-0.1, -0.05) is 0 Å². The first-order valence-electron chi connectivity index (χ1n) is 2.86. The van der Waals surface area contributed by atoms with Gasteiger partial charge in [-0.25, -0.2) is 0 Å². The van der Waals surface area contributed by atoms with Crippen molar-refractivity contribution in [3.8, 4) is 0 Å². The fourth-order valence-corrected chi connectivity index (χ4v) is 0.604. The lowest BCUT2D eigenvalue weighted by molar-refractivity contribution is 0.534. The second-order valence-electron chi connectivity index (χ2n) is 1.61. The Kier molecular flexibility index (Phi) is 13.7. The Morgan fingerprint density at radius 1 is 0.900 bits per heavy atom. The Morgan fingerprint density at radius 2 is 1.10 bits per heavy atom. The third-order valence-electron chi connectivity index (χ3n) is 0.957. The van der Waals surface area contributed by atoms with Gasteiger partial charge < -0.3 is 10.6 Å². The van der Waals surface area contributed by atoms with Crippen LogP contribution in [0.3, 0.4) is 0 Å². The van der Waals surface area contributed by atoms with Gasteiger partial charge in [-0.05, 0) is 11.0 Å². The lowest BCUT2D eigenvalue weighted by atomic mass is 10.4. The molecule has 1 saturated heterocycles. The molecule has 0 amide bonds. The molecular formula is C4H16N5Si+. The first kappa shape index (κ1) is 12.2. The lowest BCUT2D eigenvalue weighted by Crippen LogP contribution is -2.39. The molecule has 10 heavy (non-hydrogen) atoms. The highest BCUT2D eigenvalue weighted by Gasteiger charge is 1.91. The largest absolute Gasteiger partial charge is 0.314 e. The van der Waals surface area contributed by atoms with Crippen LogP contribution >= 0.6 is 0 Å². The molecule has 0 aromatic rings. The number of nitrogens with zero attached hydrogens (tertiary/aromatic N) is 1. The predicted molar refractivity (Wildman–Crippen MR) is 44.6 cm³/mol. The van der Waals surface area contributed by atoms with E-state index in [2.05, 4.69) is 10.6 Å². The van der Waals surface area contributed by atoms with E-state index in [1.807, 2.05) is 4.91 Å². The van der Waals surface area contributed by atoms with Gasteiger partial charge in [0, 0.05) is 26.2 Å². The van der Waals surface area contributed by atoms with Crippen LogP contribution in [0.15, 0.2) is 0 Å². The van der Waals surface area contributed by atoms with E-state index in [0.717, 1.165) is 26.2 Å². The summed E-state index contributed by atoms with van der Waals surface area (Å²) in [4.78, 5) is 2.00. The zero-order chi connectivity index (χ0) is 6.95. The minimum Gasteiger partial charge on any atom is -0.314 e. The maximum atomic E-state index is 5.50. The molecule has 1 heterocycles. The molecule has 1 aliphatic heterocycles. The summed E-state index contributed by atoms with van der Waals surface area (Å²) in [5, 5.41) is 6.44. The molecule has 0 saturated carbocycles. The Bertz CT molecular complexity index is 74.1. The van der Waals surface area contributed by atoms with Gasteiger partial charge in [0.15, 0.2) is 0 Å². The van der Waals surface area contributed by atoms with Crippen LogP contribution < -0.4 is 15.5 Å². The molecule has 6 heteroatoms. The van der Waals surface area contributed by atoms with Gasteiger partial charge in [0.1, 0.15) is 11.1 Å². The van der Waals surface area contributed by atoms with E-state index in [1.54, 1.807) is 0 Å². The maximum Gasteiger partial charge on any atom is 0.211 e. The van der Waals surface area contributed by atoms with Crippen LogP contribution in [0.2, 0.25) is 0 Å². The minimum atomic E-state index is 0. The topological polar surface area (TPSA) is 85.9 Å². The fraction of sp³-hybridized carbons (Fsp3) is 1.00. The molecule has 4 N–H and O–H groups in total. The Hall–Kier alpha value is -0.553. The average molecular weight is 162 g/mol. The van der Waals surface area contributed by atoms with Crippen molar-refractivity contribution in [1.29, 1.82) is 11.1 Å². The predicted octanol–water partition coefficient (Wildman–Crippen LogP) is -2.16. The molecule has 1 fully saturated rings. The zero-order valence-electron chi connectivity index (χ0n) is 5.28. The molecule has 1 rings (SSSR count). The van der Waals surface area contributed by atoms with Crippen LogP contribution in [-0.4, -0.2) is 37.1 Å². The van der Waals surface area contributed by atoms with E-state index >= 15 is 0 Å². The first-order chi connectivity index (χ1) is 4.41. The van der Waals surface area contributed by atoms with E-state index < -0.39 is 0 Å². The maximum absolute atomic E-state index is 5.50. The van der Waals surface area contributed by atoms with Crippen LogP contribution in [0.25, 0.3) is 0 Å². The fourth-order valence-electron chi connectivity index (χ4n) is 0.604. The minimum absolute atomic E-state index is 0. The summed E-state index contributed by atoms with van der Waals surface area (Å²) in [6.07, 6.45) is 0. The van der Waals surface area contributed by atoms with Crippen molar-refractivity contribution in [1.82, 2.24) is 15.5 Å². The molecule has 60 valence electrons. The zero-order valence-corrected chi connectivity index (χ0v) is 5.28. The van der Waals surface area contributed by atoms with E-state index in [1.165, 1.54) is 0 Å². The number of hydrogen-bond acceptors (Lipinski definition) is 4. The molecule has 0 aromatic carbocycles. The van der Waals surface area contributed by atoms with Crippen LogP contribution in [0, 0.1) is 11.1 Å². The molecule has 0 aromatic heterocycles. The van der Waals surface area contributed by atoms with E-state index in [9.17, 15) is 0 Å². The summed E-state index contributed by atoms with van der Waals surface area (Å²) in [5.41, 5.74) is 11.0. The molecule has 0 bridgehead atoms. The van der Waals surface area contributed by atoms with Gasteiger partial charge in [0.05, 0.1) is 0 Å². The molecule has 0 atom stereocenters. The third-order valence-corrected chi connectivity index (χ3v) is 0.957. The monoisotopic (exact) mass is 162 g/mol. The average Bonchev–Trinajstić information content (AvgIpc) is 1.93. The number of hydrogen-bond donors (Lipinski definition) is 4. The number of rotatable bonds is 0. The Labute approximate surface area is 64.6 Å². The number of nitrogens with one attached hydrogen (secondary N) is 4. The molecule has 1 aliphatic rings. The van der Waals surface area contributed by atoms with Crippen molar-refractivity contribution in [3.63, 3.8) is 0 Å². The molecular weight excluding hydrogens is 146 g/mol. The highest BCUT2D eigenvalue weighted by molar-refractivity contribution is 5.75. The summed E-state index contributed by atoms with van der Waals surface area (Å²) >= 11 is 0. The summed E-state index contributed by atoms with van der Waals surface area (Å²) in [6.45, 7) is 4.56. The Morgan fingerprint density at radius 3 is 1.20 bits per heavy atom. The van der Waals surface area contributed by atoms with Gasteiger partial charge in [-0.3, -0.25) is 0 Å². The van der Waals surface area contributed by atoms with Gasteiger partial charge >= 0.3 is 0 Å². The molecule has 5 nitrogen and oxygen atoms in total.